The van der Waals surface area contributed by atoms with Gasteiger partial charge in [-0.25, -0.2) is 0 Å². The zero-order valence-corrected chi connectivity index (χ0v) is 10.1. The van der Waals surface area contributed by atoms with E-state index in [1.165, 1.54) is 0 Å². The second kappa shape index (κ2) is 7.23. The first-order valence-electron chi connectivity index (χ1n) is 5.53. The van der Waals surface area contributed by atoms with Gasteiger partial charge in [0.25, 0.3) is 5.91 Å². The summed E-state index contributed by atoms with van der Waals surface area (Å²) in [6.07, 6.45) is 0.760. The van der Waals surface area contributed by atoms with Gasteiger partial charge in [0.15, 0.2) is 5.69 Å². The van der Waals surface area contributed by atoms with Crippen molar-refractivity contribution in [1.82, 2.24) is 15.5 Å². The molecule has 2 N–H and O–H groups in total. The number of hydrogen-bond acceptors (Lipinski definition) is 4. The predicted molar refractivity (Wildman–Crippen MR) is 66.6 cm³/mol. The lowest BCUT2D eigenvalue weighted by Gasteiger charge is -2.03. The topological polar surface area (TPSA) is 66.9 Å². The number of nitrogens with zero attached hydrogens (tertiary/aromatic N) is 2. The molecule has 0 aromatic carbocycles. The van der Waals surface area contributed by atoms with Gasteiger partial charge in [0, 0.05) is 19.5 Å². The Bertz CT molecular complexity index is 416. The van der Waals surface area contributed by atoms with E-state index in [4.69, 9.17) is 0 Å². The Balaban J connectivity index is 2.49. The molecule has 0 radical (unpaired) electrons. The van der Waals surface area contributed by atoms with Crippen molar-refractivity contribution in [3.8, 4) is 11.8 Å². The summed E-state index contributed by atoms with van der Waals surface area (Å²) in [6, 6.07) is 3.38. The SMILES string of the molecule is CC#CCCNc1ccc(C(=O)NCC)nn1. The van der Waals surface area contributed by atoms with Gasteiger partial charge >= 0.3 is 0 Å². The molecule has 0 unspecified atom stereocenters. The van der Waals surface area contributed by atoms with Gasteiger partial charge in [-0.1, -0.05) is 0 Å². The molecule has 1 aromatic heterocycles. The number of amides is 1. The molecule has 0 aliphatic rings. The van der Waals surface area contributed by atoms with Crippen LogP contribution < -0.4 is 10.6 Å². The fraction of sp³-hybridized carbons (Fsp3) is 0.417. The molecule has 5 heteroatoms. The summed E-state index contributed by atoms with van der Waals surface area (Å²) in [7, 11) is 0. The van der Waals surface area contributed by atoms with Crippen LogP contribution in [-0.4, -0.2) is 29.2 Å². The molecule has 0 atom stereocenters. The summed E-state index contributed by atoms with van der Waals surface area (Å²) in [5.74, 6) is 6.20. The molecule has 5 nitrogen and oxygen atoms in total. The maximum atomic E-state index is 11.4. The number of aromatic nitrogens is 2. The Hall–Kier alpha value is -2.09. The van der Waals surface area contributed by atoms with Crippen LogP contribution in [0.5, 0.6) is 0 Å². The average molecular weight is 232 g/mol. The van der Waals surface area contributed by atoms with Crippen molar-refractivity contribution in [2.24, 2.45) is 0 Å². The molecule has 0 saturated heterocycles. The second-order valence-corrected chi connectivity index (χ2v) is 3.27. The van der Waals surface area contributed by atoms with Crippen LogP contribution in [0.3, 0.4) is 0 Å². The minimum Gasteiger partial charge on any atom is -0.368 e. The maximum Gasteiger partial charge on any atom is 0.271 e. The van der Waals surface area contributed by atoms with Crippen molar-refractivity contribution in [2.45, 2.75) is 20.3 Å². The highest BCUT2D eigenvalue weighted by Gasteiger charge is 2.05. The molecule has 1 heterocycles. The number of anilines is 1. The standard InChI is InChI=1S/C12H16N4O/c1-3-5-6-9-14-11-8-7-10(15-16-11)12(17)13-4-2/h7-8H,4,6,9H2,1-2H3,(H,13,17)(H,14,16). The lowest BCUT2D eigenvalue weighted by atomic mass is 10.3. The molecular weight excluding hydrogens is 216 g/mol. The van der Waals surface area contributed by atoms with Gasteiger partial charge in [-0.3, -0.25) is 4.79 Å². The number of carbonyl (C=O) groups excluding carboxylic acids is 1. The Morgan fingerprint density at radius 3 is 2.82 bits per heavy atom. The zero-order chi connectivity index (χ0) is 12.5. The summed E-state index contributed by atoms with van der Waals surface area (Å²) >= 11 is 0. The lowest BCUT2D eigenvalue weighted by molar-refractivity contribution is 0.0950. The third-order valence-electron chi connectivity index (χ3n) is 1.97. The molecule has 0 aliphatic heterocycles. The van der Waals surface area contributed by atoms with Gasteiger partial charge in [-0.2, -0.15) is 0 Å². The summed E-state index contributed by atoms with van der Waals surface area (Å²) in [6.45, 7) is 4.96. The van der Waals surface area contributed by atoms with Crippen molar-refractivity contribution in [2.75, 3.05) is 18.4 Å². The van der Waals surface area contributed by atoms with Crippen molar-refractivity contribution in [1.29, 1.82) is 0 Å². The van der Waals surface area contributed by atoms with Crippen LogP contribution in [0.2, 0.25) is 0 Å². The minimum atomic E-state index is -0.205. The van der Waals surface area contributed by atoms with Crippen molar-refractivity contribution in [3.63, 3.8) is 0 Å². The third-order valence-corrected chi connectivity index (χ3v) is 1.97. The van der Waals surface area contributed by atoms with Gasteiger partial charge in [-0.05, 0) is 26.0 Å². The molecule has 0 bridgehead atoms. The molecule has 0 fully saturated rings. The summed E-state index contributed by atoms with van der Waals surface area (Å²) < 4.78 is 0. The minimum absolute atomic E-state index is 0.205. The van der Waals surface area contributed by atoms with Gasteiger partial charge in [0.05, 0.1) is 0 Å². The first kappa shape index (κ1) is 13.0. The van der Waals surface area contributed by atoms with Crippen LogP contribution in [0.25, 0.3) is 0 Å². The molecule has 1 aromatic rings. The van der Waals surface area contributed by atoms with Gasteiger partial charge in [0.1, 0.15) is 5.82 Å². The van der Waals surface area contributed by atoms with E-state index in [1.54, 1.807) is 19.1 Å². The van der Waals surface area contributed by atoms with E-state index in [9.17, 15) is 4.79 Å². The van der Waals surface area contributed by atoms with E-state index in [0.717, 1.165) is 13.0 Å². The number of hydrogen-bond donors (Lipinski definition) is 2. The Kier molecular flexibility index (Phi) is 5.52. The van der Waals surface area contributed by atoms with E-state index >= 15 is 0 Å². The number of rotatable bonds is 5. The van der Waals surface area contributed by atoms with E-state index in [2.05, 4.69) is 32.7 Å². The molecular formula is C12H16N4O. The number of nitrogens with one attached hydrogen (secondary N) is 2. The molecule has 17 heavy (non-hydrogen) atoms. The summed E-state index contributed by atoms with van der Waals surface area (Å²) in [4.78, 5) is 11.4. The molecule has 1 amide bonds. The molecule has 1 rings (SSSR count). The van der Waals surface area contributed by atoms with Crippen LogP contribution in [0.4, 0.5) is 5.82 Å². The van der Waals surface area contributed by atoms with Gasteiger partial charge < -0.3 is 10.6 Å². The zero-order valence-electron chi connectivity index (χ0n) is 10.1. The highest BCUT2D eigenvalue weighted by Crippen LogP contribution is 2.01. The lowest BCUT2D eigenvalue weighted by Crippen LogP contribution is -2.24. The van der Waals surface area contributed by atoms with Crippen molar-refractivity contribution < 1.29 is 4.79 Å². The predicted octanol–water partition coefficient (Wildman–Crippen LogP) is 1.05. The van der Waals surface area contributed by atoms with Crippen LogP contribution in [0.15, 0.2) is 12.1 Å². The average Bonchev–Trinajstić information content (AvgIpc) is 2.36. The summed E-state index contributed by atoms with van der Waals surface area (Å²) in [5.41, 5.74) is 0.325. The Labute approximate surface area is 101 Å². The quantitative estimate of drug-likeness (QED) is 0.588. The largest absolute Gasteiger partial charge is 0.368 e. The van der Waals surface area contributed by atoms with E-state index in [1.807, 2.05) is 6.92 Å². The molecule has 0 spiro atoms. The fourth-order valence-electron chi connectivity index (χ4n) is 1.18. The highest BCUT2D eigenvalue weighted by atomic mass is 16.1. The first-order chi connectivity index (χ1) is 8.27. The fourth-order valence-corrected chi connectivity index (χ4v) is 1.18. The first-order valence-corrected chi connectivity index (χ1v) is 5.53. The number of carbonyl (C=O) groups is 1. The molecule has 90 valence electrons. The Morgan fingerprint density at radius 1 is 1.41 bits per heavy atom. The van der Waals surface area contributed by atoms with Crippen molar-refractivity contribution in [3.05, 3.63) is 17.8 Å². The third kappa shape index (κ3) is 4.51. The normalized spacial score (nSPS) is 9.06. The van der Waals surface area contributed by atoms with Crippen molar-refractivity contribution >= 4 is 11.7 Å². The Morgan fingerprint density at radius 2 is 2.24 bits per heavy atom. The van der Waals surface area contributed by atoms with Crippen LogP contribution in [0, 0.1) is 11.8 Å². The van der Waals surface area contributed by atoms with Gasteiger partial charge in [0.2, 0.25) is 0 Å². The monoisotopic (exact) mass is 232 g/mol. The molecule has 0 saturated carbocycles. The smallest absolute Gasteiger partial charge is 0.271 e. The van der Waals surface area contributed by atoms with E-state index in [-0.39, 0.29) is 5.91 Å². The molecule has 0 aliphatic carbocycles. The summed E-state index contributed by atoms with van der Waals surface area (Å²) in [5, 5.41) is 13.5. The van der Waals surface area contributed by atoms with Gasteiger partial charge in [-0.15, -0.1) is 22.0 Å². The van der Waals surface area contributed by atoms with E-state index < -0.39 is 0 Å². The highest BCUT2D eigenvalue weighted by molar-refractivity contribution is 5.92. The van der Waals surface area contributed by atoms with Crippen LogP contribution in [-0.2, 0) is 0 Å². The van der Waals surface area contributed by atoms with E-state index in [0.29, 0.717) is 18.1 Å². The van der Waals surface area contributed by atoms with Crippen LogP contribution in [0.1, 0.15) is 30.8 Å². The maximum absolute atomic E-state index is 11.4. The van der Waals surface area contributed by atoms with Crippen LogP contribution >= 0.6 is 0 Å². The second-order valence-electron chi connectivity index (χ2n) is 3.27.